The summed E-state index contributed by atoms with van der Waals surface area (Å²) in [5.74, 6) is -0.0416. The van der Waals surface area contributed by atoms with E-state index in [1.165, 1.54) is 23.9 Å². The Hall–Kier alpha value is -1.46. The number of halogens is 1. The second-order valence-electron chi connectivity index (χ2n) is 4.02. The van der Waals surface area contributed by atoms with Crippen LogP contribution in [0.25, 0.3) is 0 Å². The van der Waals surface area contributed by atoms with Gasteiger partial charge in [-0.15, -0.1) is 23.5 Å². The predicted octanol–water partition coefficient (Wildman–Crippen LogP) is 4.28. The number of hydrogen-bond donors (Lipinski definition) is 1. The highest BCUT2D eigenvalue weighted by Gasteiger charge is 2.04. The highest BCUT2D eigenvalue weighted by molar-refractivity contribution is 8.00. The minimum Gasteiger partial charge on any atom is -0.325 e. The van der Waals surface area contributed by atoms with Gasteiger partial charge in [-0.1, -0.05) is 6.07 Å². The highest BCUT2D eigenvalue weighted by atomic mass is 32.2. The number of benzene rings is 2. The molecule has 1 amide bonds. The summed E-state index contributed by atoms with van der Waals surface area (Å²) in [6.45, 7) is 0. The zero-order chi connectivity index (χ0) is 14.4. The van der Waals surface area contributed by atoms with Crippen LogP contribution in [0, 0.1) is 5.82 Å². The normalized spacial score (nSPS) is 10.3. The van der Waals surface area contributed by atoms with Crippen LogP contribution in [-0.2, 0) is 4.79 Å². The number of thioether (sulfide) groups is 2. The summed E-state index contributed by atoms with van der Waals surface area (Å²) in [5, 5.41) is 2.85. The zero-order valence-electron chi connectivity index (χ0n) is 10.9. The molecule has 0 aliphatic heterocycles. The monoisotopic (exact) mass is 307 g/mol. The number of rotatable bonds is 5. The first kappa shape index (κ1) is 14.9. The van der Waals surface area contributed by atoms with Gasteiger partial charge in [-0.3, -0.25) is 4.79 Å². The third-order valence-electron chi connectivity index (χ3n) is 2.54. The predicted molar refractivity (Wildman–Crippen MR) is 84.0 cm³/mol. The van der Waals surface area contributed by atoms with E-state index in [0.29, 0.717) is 5.75 Å². The summed E-state index contributed by atoms with van der Waals surface area (Å²) in [7, 11) is 0. The smallest absolute Gasteiger partial charge is 0.234 e. The second-order valence-corrected chi connectivity index (χ2v) is 5.95. The maximum Gasteiger partial charge on any atom is 0.234 e. The lowest BCUT2D eigenvalue weighted by atomic mass is 10.3. The topological polar surface area (TPSA) is 29.1 Å². The van der Waals surface area contributed by atoms with Gasteiger partial charge in [-0.25, -0.2) is 4.39 Å². The highest BCUT2D eigenvalue weighted by Crippen LogP contribution is 2.21. The Morgan fingerprint density at radius 1 is 1.15 bits per heavy atom. The molecule has 0 aromatic heterocycles. The van der Waals surface area contributed by atoms with E-state index in [-0.39, 0.29) is 11.7 Å². The van der Waals surface area contributed by atoms with Crippen LogP contribution in [0.3, 0.4) is 0 Å². The summed E-state index contributed by atoms with van der Waals surface area (Å²) >= 11 is 3.01. The fourth-order valence-electron chi connectivity index (χ4n) is 1.58. The van der Waals surface area contributed by atoms with Gasteiger partial charge in [-0.05, 0) is 48.7 Å². The Morgan fingerprint density at radius 2 is 1.90 bits per heavy atom. The molecule has 0 aliphatic rings. The van der Waals surface area contributed by atoms with Crippen LogP contribution in [0.15, 0.2) is 58.3 Å². The van der Waals surface area contributed by atoms with Crippen molar-refractivity contribution in [2.45, 2.75) is 9.79 Å². The third kappa shape index (κ3) is 4.58. The lowest BCUT2D eigenvalue weighted by Crippen LogP contribution is -2.13. The maximum absolute atomic E-state index is 12.8. The number of hydrogen-bond acceptors (Lipinski definition) is 3. The minimum absolute atomic E-state index is 0.0717. The van der Waals surface area contributed by atoms with Crippen LogP contribution in [0.2, 0.25) is 0 Å². The Balaban J connectivity index is 1.87. The molecule has 0 aliphatic carbocycles. The standard InChI is InChI=1S/C15H14FNOS2/c1-19-14-4-2-3-12(9-14)17-15(18)10-20-13-7-5-11(16)6-8-13/h2-9H,10H2,1H3,(H,17,18). The summed E-state index contributed by atoms with van der Waals surface area (Å²) in [5.41, 5.74) is 0.793. The number of anilines is 1. The van der Waals surface area contributed by atoms with Crippen LogP contribution in [-0.4, -0.2) is 17.9 Å². The van der Waals surface area contributed by atoms with Gasteiger partial charge < -0.3 is 5.32 Å². The summed E-state index contributed by atoms with van der Waals surface area (Å²) in [4.78, 5) is 13.8. The number of carbonyl (C=O) groups excluding carboxylic acids is 1. The largest absolute Gasteiger partial charge is 0.325 e. The molecule has 104 valence electrons. The number of amides is 1. The molecule has 0 saturated heterocycles. The van der Waals surface area contributed by atoms with E-state index in [4.69, 9.17) is 0 Å². The van der Waals surface area contributed by atoms with E-state index in [1.807, 2.05) is 30.5 Å². The average molecular weight is 307 g/mol. The Kier molecular flexibility index (Phi) is 5.49. The fraction of sp³-hybridized carbons (Fsp3) is 0.133. The fourth-order valence-corrected chi connectivity index (χ4v) is 2.74. The average Bonchev–Trinajstić information content (AvgIpc) is 2.47. The van der Waals surface area contributed by atoms with Gasteiger partial charge >= 0.3 is 0 Å². The van der Waals surface area contributed by atoms with Crippen molar-refractivity contribution in [3.05, 3.63) is 54.3 Å². The minimum atomic E-state index is -0.271. The lowest BCUT2D eigenvalue weighted by Gasteiger charge is -2.06. The van der Waals surface area contributed by atoms with Crippen LogP contribution in [0.4, 0.5) is 10.1 Å². The van der Waals surface area contributed by atoms with E-state index in [2.05, 4.69) is 5.32 Å². The van der Waals surface area contributed by atoms with Crippen LogP contribution in [0.5, 0.6) is 0 Å². The molecule has 2 nitrogen and oxygen atoms in total. The van der Waals surface area contributed by atoms with E-state index in [1.54, 1.807) is 23.9 Å². The van der Waals surface area contributed by atoms with Crippen molar-refractivity contribution < 1.29 is 9.18 Å². The Bertz CT molecular complexity index is 587. The van der Waals surface area contributed by atoms with E-state index in [0.717, 1.165) is 15.5 Å². The van der Waals surface area contributed by atoms with Gasteiger partial charge in [0.2, 0.25) is 5.91 Å². The molecule has 2 aromatic rings. The molecular formula is C15H14FNOS2. The van der Waals surface area contributed by atoms with Crippen molar-refractivity contribution in [2.75, 3.05) is 17.3 Å². The molecule has 0 heterocycles. The first-order chi connectivity index (χ1) is 9.67. The molecule has 0 fully saturated rings. The van der Waals surface area contributed by atoms with Crippen LogP contribution in [0.1, 0.15) is 0 Å². The van der Waals surface area contributed by atoms with Crippen molar-refractivity contribution in [3.63, 3.8) is 0 Å². The molecule has 0 unspecified atom stereocenters. The van der Waals surface area contributed by atoms with Crippen LogP contribution >= 0.6 is 23.5 Å². The summed E-state index contributed by atoms with van der Waals surface area (Å²) in [6.07, 6.45) is 1.99. The van der Waals surface area contributed by atoms with Gasteiger partial charge in [0.15, 0.2) is 0 Å². The molecule has 0 spiro atoms. The number of nitrogens with one attached hydrogen (secondary N) is 1. The van der Waals surface area contributed by atoms with Gasteiger partial charge in [0, 0.05) is 15.5 Å². The van der Waals surface area contributed by atoms with Crippen molar-refractivity contribution in [1.82, 2.24) is 0 Å². The first-order valence-corrected chi connectivity index (χ1v) is 8.20. The molecule has 0 atom stereocenters. The number of carbonyl (C=O) groups is 1. The van der Waals surface area contributed by atoms with E-state index >= 15 is 0 Å². The van der Waals surface area contributed by atoms with Crippen molar-refractivity contribution in [3.8, 4) is 0 Å². The molecule has 0 bridgehead atoms. The van der Waals surface area contributed by atoms with Gasteiger partial charge in [0.1, 0.15) is 5.82 Å². The molecular weight excluding hydrogens is 293 g/mol. The van der Waals surface area contributed by atoms with Crippen LogP contribution < -0.4 is 5.32 Å². The van der Waals surface area contributed by atoms with E-state index < -0.39 is 0 Å². The zero-order valence-corrected chi connectivity index (χ0v) is 12.6. The summed E-state index contributed by atoms with van der Waals surface area (Å²) < 4.78 is 12.8. The molecule has 0 radical (unpaired) electrons. The SMILES string of the molecule is CSc1cccc(NC(=O)CSc2ccc(F)cc2)c1. The van der Waals surface area contributed by atoms with Gasteiger partial charge in [0.05, 0.1) is 5.75 Å². The van der Waals surface area contributed by atoms with Gasteiger partial charge in [0.25, 0.3) is 0 Å². The second kappa shape index (κ2) is 7.36. The molecule has 2 rings (SSSR count). The molecule has 1 N–H and O–H groups in total. The van der Waals surface area contributed by atoms with Gasteiger partial charge in [-0.2, -0.15) is 0 Å². The Morgan fingerprint density at radius 3 is 2.60 bits per heavy atom. The van der Waals surface area contributed by atoms with E-state index in [9.17, 15) is 9.18 Å². The first-order valence-electron chi connectivity index (χ1n) is 5.99. The molecule has 20 heavy (non-hydrogen) atoms. The van der Waals surface area contributed by atoms with Crippen molar-refractivity contribution in [1.29, 1.82) is 0 Å². The lowest BCUT2D eigenvalue weighted by molar-refractivity contribution is -0.113. The quantitative estimate of drug-likeness (QED) is 0.836. The maximum atomic E-state index is 12.8. The summed E-state index contributed by atoms with van der Waals surface area (Å²) in [6, 6.07) is 13.8. The molecule has 2 aromatic carbocycles. The molecule has 0 saturated carbocycles. The molecule has 5 heteroatoms. The van der Waals surface area contributed by atoms with Crippen molar-refractivity contribution in [2.24, 2.45) is 0 Å². The van der Waals surface area contributed by atoms with Crippen molar-refractivity contribution >= 4 is 35.1 Å². The third-order valence-corrected chi connectivity index (χ3v) is 4.27. The Labute approximate surface area is 126 Å².